The van der Waals surface area contributed by atoms with E-state index < -0.39 is 0 Å². The average Bonchev–Trinajstić information content (AvgIpc) is 2.02. The molecule has 14 heavy (non-hydrogen) atoms. The lowest BCUT2D eigenvalue weighted by atomic mass is 9.92. The van der Waals surface area contributed by atoms with Crippen LogP contribution in [-0.2, 0) is 5.88 Å². The van der Waals surface area contributed by atoms with Crippen LogP contribution in [0.3, 0.4) is 0 Å². The van der Waals surface area contributed by atoms with Gasteiger partial charge in [-0.3, -0.25) is 4.79 Å². The molecule has 0 bridgehead atoms. The second-order valence-electron chi connectivity index (χ2n) is 3.68. The van der Waals surface area contributed by atoms with Crippen LogP contribution in [0, 0.1) is 20.8 Å². The standard InChI is InChI=1S/C12H15ClO/c1-7-5-8(2)12(10(4)14)9(3)11(7)6-13/h5H,6H2,1-4H3. The summed E-state index contributed by atoms with van der Waals surface area (Å²) in [4.78, 5) is 11.4. The predicted molar refractivity (Wildman–Crippen MR) is 60.2 cm³/mol. The first-order chi connectivity index (χ1) is 6.49. The Hall–Kier alpha value is -0.820. The summed E-state index contributed by atoms with van der Waals surface area (Å²) < 4.78 is 0. The molecule has 0 unspecified atom stereocenters. The van der Waals surface area contributed by atoms with Gasteiger partial charge in [-0.25, -0.2) is 0 Å². The number of carbonyl (C=O) groups is 1. The highest BCUT2D eigenvalue weighted by Crippen LogP contribution is 2.23. The fourth-order valence-electron chi connectivity index (χ4n) is 1.97. The predicted octanol–water partition coefficient (Wildman–Crippen LogP) is 3.55. The summed E-state index contributed by atoms with van der Waals surface area (Å²) in [6.45, 7) is 7.56. The zero-order chi connectivity index (χ0) is 10.9. The highest BCUT2D eigenvalue weighted by molar-refractivity contribution is 6.17. The van der Waals surface area contributed by atoms with E-state index in [2.05, 4.69) is 0 Å². The van der Waals surface area contributed by atoms with Gasteiger partial charge in [-0.15, -0.1) is 11.6 Å². The number of carbonyl (C=O) groups excluding carboxylic acids is 1. The Balaban J connectivity index is 3.52. The fourth-order valence-corrected chi connectivity index (χ4v) is 2.38. The van der Waals surface area contributed by atoms with Gasteiger partial charge in [0.1, 0.15) is 0 Å². The molecule has 0 aliphatic heterocycles. The third-order valence-electron chi connectivity index (χ3n) is 2.62. The summed E-state index contributed by atoms with van der Waals surface area (Å²) in [6, 6.07) is 2.03. The largest absolute Gasteiger partial charge is 0.294 e. The Morgan fingerprint density at radius 3 is 2.29 bits per heavy atom. The first-order valence-corrected chi connectivity index (χ1v) is 5.19. The van der Waals surface area contributed by atoms with Crippen molar-refractivity contribution in [3.63, 3.8) is 0 Å². The average molecular weight is 211 g/mol. The van der Waals surface area contributed by atoms with Crippen LogP contribution in [0.15, 0.2) is 6.07 Å². The van der Waals surface area contributed by atoms with Crippen LogP contribution in [0.5, 0.6) is 0 Å². The molecule has 0 heterocycles. The second-order valence-corrected chi connectivity index (χ2v) is 3.95. The second kappa shape index (κ2) is 4.14. The van der Waals surface area contributed by atoms with Crippen LogP contribution < -0.4 is 0 Å². The molecule has 1 aromatic carbocycles. The first kappa shape index (κ1) is 11.3. The topological polar surface area (TPSA) is 17.1 Å². The van der Waals surface area contributed by atoms with Crippen molar-refractivity contribution < 1.29 is 4.79 Å². The Bertz CT molecular complexity index is 380. The Kier molecular flexibility index (Phi) is 3.33. The summed E-state index contributed by atoms with van der Waals surface area (Å²) in [5, 5.41) is 0. The Morgan fingerprint density at radius 2 is 1.86 bits per heavy atom. The van der Waals surface area contributed by atoms with Gasteiger partial charge in [-0.2, -0.15) is 0 Å². The third kappa shape index (κ3) is 1.83. The molecule has 0 spiro atoms. The smallest absolute Gasteiger partial charge is 0.160 e. The third-order valence-corrected chi connectivity index (χ3v) is 2.88. The van der Waals surface area contributed by atoms with E-state index in [9.17, 15) is 4.79 Å². The summed E-state index contributed by atoms with van der Waals surface area (Å²) in [7, 11) is 0. The van der Waals surface area contributed by atoms with E-state index >= 15 is 0 Å². The molecule has 76 valence electrons. The summed E-state index contributed by atoms with van der Waals surface area (Å²) in [5.41, 5.74) is 5.15. The van der Waals surface area contributed by atoms with Crippen LogP contribution in [0.2, 0.25) is 0 Å². The fraction of sp³-hybridized carbons (Fsp3) is 0.417. The molecule has 0 aliphatic rings. The number of ketones is 1. The molecule has 0 saturated heterocycles. The van der Waals surface area contributed by atoms with Gasteiger partial charge in [0.05, 0.1) is 0 Å². The highest BCUT2D eigenvalue weighted by atomic mass is 35.5. The first-order valence-electron chi connectivity index (χ1n) is 4.65. The number of aryl methyl sites for hydroxylation is 2. The van der Waals surface area contributed by atoms with Crippen molar-refractivity contribution in [2.45, 2.75) is 33.6 Å². The lowest BCUT2D eigenvalue weighted by Gasteiger charge is -2.13. The van der Waals surface area contributed by atoms with Gasteiger partial charge >= 0.3 is 0 Å². The normalized spacial score (nSPS) is 10.4. The van der Waals surface area contributed by atoms with Crippen molar-refractivity contribution in [1.29, 1.82) is 0 Å². The van der Waals surface area contributed by atoms with Gasteiger partial charge < -0.3 is 0 Å². The number of benzene rings is 1. The lowest BCUT2D eigenvalue weighted by molar-refractivity contribution is 0.101. The van der Waals surface area contributed by atoms with Crippen LogP contribution >= 0.6 is 11.6 Å². The van der Waals surface area contributed by atoms with Crippen molar-refractivity contribution in [2.75, 3.05) is 0 Å². The van der Waals surface area contributed by atoms with E-state index in [1.807, 2.05) is 26.8 Å². The molecule has 1 nitrogen and oxygen atoms in total. The highest BCUT2D eigenvalue weighted by Gasteiger charge is 2.12. The zero-order valence-electron chi connectivity index (χ0n) is 9.07. The van der Waals surface area contributed by atoms with Crippen LogP contribution in [0.1, 0.15) is 39.5 Å². The molecule has 0 N–H and O–H groups in total. The quantitative estimate of drug-likeness (QED) is 0.539. The Morgan fingerprint density at radius 1 is 1.29 bits per heavy atom. The minimum Gasteiger partial charge on any atom is -0.294 e. The molecule has 0 fully saturated rings. The molecule has 1 aromatic rings. The van der Waals surface area contributed by atoms with Crippen molar-refractivity contribution in [2.24, 2.45) is 0 Å². The number of rotatable bonds is 2. The van der Waals surface area contributed by atoms with Crippen molar-refractivity contribution in [3.05, 3.63) is 33.9 Å². The summed E-state index contributed by atoms with van der Waals surface area (Å²) in [6.07, 6.45) is 0. The molecular formula is C12H15ClO. The molecule has 0 radical (unpaired) electrons. The number of hydrogen-bond donors (Lipinski definition) is 0. The van der Waals surface area contributed by atoms with Gasteiger partial charge in [-0.05, 0) is 49.9 Å². The van der Waals surface area contributed by atoms with Crippen LogP contribution in [0.25, 0.3) is 0 Å². The number of alkyl halides is 1. The number of hydrogen-bond acceptors (Lipinski definition) is 1. The zero-order valence-corrected chi connectivity index (χ0v) is 9.83. The molecule has 0 saturated carbocycles. The van der Waals surface area contributed by atoms with Gasteiger partial charge in [0.2, 0.25) is 0 Å². The molecule has 0 amide bonds. The van der Waals surface area contributed by atoms with E-state index in [4.69, 9.17) is 11.6 Å². The molecule has 0 aliphatic carbocycles. The molecule has 0 atom stereocenters. The van der Waals surface area contributed by atoms with Crippen molar-refractivity contribution in [1.82, 2.24) is 0 Å². The summed E-state index contributed by atoms with van der Waals surface area (Å²) in [5.74, 6) is 0.587. The summed E-state index contributed by atoms with van der Waals surface area (Å²) >= 11 is 5.86. The lowest BCUT2D eigenvalue weighted by Crippen LogP contribution is -2.04. The number of Topliss-reactive ketones (excluding diaryl/α,β-unsaturated/α-hetero) is 1. The maximum absolute atomic E-state index is 11.4. The van der Waals surface area contributed by atoms with E-state index in [1.165, 1.54) is 5.56 Å². The van der Waals surface area contributed by atoms with Crippen LogP contribution in [-0.4, -0.2) is 5.78 Å². The Labute approximate surface area is 90.1 Å². The van der Waals surface area contributed by atoms with Crippen LogP contribution in [0.4, 0.5) is 0 Å². The van der Waals surface area contributed by atoms with E-state index in [0.29, 0.717) is 5.88 Å². The van der Waals surface area contributed by atoms with Crippen molar-refractivity contribution in [3.8, 4) is 0 Å². The molecule has 1 rings (SSSR count). The van der Waals surface area contributed by atoms with Gasteiger partial charge in [0, 0.05) is 11.4 Å². The van der Waals surface area contributed by atoms with E-state index in [0.717, 1.165) is 22.3 Å². The minimum absolute atomic E-state index is 0.117. The van der Waals surface area contributed by atoms with Crippen molar-refractivity contribution >= 4 is 17.4 Å². The maximum Gasteiger partial charge on any atom is 0.160 e. The molecule has 0 aromatic heterocycles. The monoisotopic (exact) mass is 210 g/mol. The minimum atomic E-state index is 0.117. The van der Waals surface area contributed by atoms with Gasteiger partial charge in [0.25, 0.3) is 0 Å². The maximum atomic E-state index is 11.4. The van der Waals surface area contributed by atoms with Gasteiger partial charge in [-0.1, -0.05) is 6.07 Å². The SMILES string of the molecule is CC(=O)c1c(C)cc(C)c(CCl)c1C. The van der Waals surface area contributed by atoms with E-state index in [1.54, 1.807) is 6.92 Å². The number of halogens is 1. The van der Waals surface area contributed by atoms with Gasteiger partial charge in [0.15, 0.2) is 5.78 Å². The molecule has 2 heteroatoms. The molecular weight excluding hydrogens is 196 g/mol. The van der Waals surface area contributed by atoms with E-state index in [-0.39, 0.29) is 5.78 Å².